The van der Waals surface area contributed by atoms with Crippen molar-refractivity contribution in [2.75, 3.05) is 5.32 Å². The first-order valence-electron chi connectivity index (χ1n) is 9.29. The number of hydrogen-bond acceptors (Lipinski definition) is 6. The second-order valence-electron chi connectivity index (χ2n) is 8.17. The first kappa shape index (κ1) is 17.3. The number of carbonyl (C=O) groups excluding carboxylic acids is 1. The van der Waals surface area contributed by atoms with Gasteiger partial charge in [-0.05, 0) is 29.7 Å². The highest BCUT2D eigenvalue weighted by Crippen LogP contribution is 2.48. The van der Waals surface area contributed by atoms with Crippen LogP contribution in [-0.2, 0) is 4.79 Å². The standard InChI is InChI=1S/C22H20N2O3S/c1-22(2)10-15(26)19-17(11-22)27-16-9-12(25)7-8-13(16)20(19)24-21-23-14-5-3-4-6-18(14)28-21/h3-9,20,25H,10-11H2,1-2H3,(H,23,24). The molecule has 5 nitrogen and oxygen atoms in total. The molecular weight excluding hydrogens is 372 g/mol. The normalized spacial score (nSPS) is 20.5. The first-order valence-corrected chi connectivity index (χ1v) is 10.1. The minimum absolute atomic E-state index is 0.101. The molecule has 0 spiro atoms. The Balaban J connectivity index is 1.62. The van der Waals surface area contributed by atoms with Crippen LogP contribution in [-0.4, -0.2) is 15.9 Å². The molecule has 2 heterocycles. The lowest BCUT2D eigenvalue weighted by atomic mass is 9.73. The molecule has 1 aliphatic carbocycles. The van der Waals surface area contributed by atoms with Gasteiger partial charge in [0.25, 0.3) is 0 Å². The number of thiazole rings is 1. The van der Waals surface area contributed by atoms with Crippen LogP contribution in [0, 0.1) is 5.41 Å². The number of phenolic OH excluding ortho intramolecular Hbond substituents is 1. The second-order valence-corrected chi connectivity index (χ2v) is 9.20. The van der Waals surface area contributed by atoms with Crippen LogP contribution in [0.2, 0.25) is 0 Å². The molecule has 2 aliphatic rings. The van der Waals surface area contributed by atoms with E-state index in [-0.39, 0.29) is 23.0 Å². The summed E-state index contributed by atoms with van der Waals surface area (Å²) in [6.07, 6.45) is 1.17. The molecule has 0 amide bonds. The number of ketones is 1. The zero-order valence-electron chi connectivity index (χ0n) is 15.7. The number of aromatic nitrogens is 1. The predicted molar refractivity (Wildman–Crippen MR) is 110 cm³/mol. The maximum atomic E-state index is 13.0. The Bertz CT molecular complexity index is 1110. The highest BCUT2D eigenvalue weighted by atomic mass is 32.1. The van der Waals surface area contributed by atoms with Gasteiger partial charge in [0.15, 0.2) is 10.9 Å². The maximum absolute atomic E-state index is 13.0. The van der Waals surface area contributed by atoms with E-state index in [1.165, 1.54) is 0 Å². The van der Waals surface area contributed by atoms with E-state index < -0.39 is 0 Å². The molecule has 0 fully saturated rings. The van der Waals surface area contributed by atoms with Crippen molar-refractivity contribution >= 4 is 32.5 Å². The zero-order valence-corrected chi connectivity index (χ0v) is 16.5. The molecular formula is C22H20N2O3S. The van der Waals surface area contributed by atoms with E-state index in [0.717, 1.165) is 20.9 Å². The summed E-state index contributed by atoms with van der Waals surface area (Å²) in [6.45, 7) is 4.15. The van der Waals surface area contributed by atoms with Crippen LogP contribution in [0.3, 0.4) is 0 Å². The van der Waals surface area contributed by atoms with Gasteiger partial charge in [-0.1, -0.05) is 37.3 Å². The molecule has 1 atom stereocenters. The average Bonchev–Trinajstić information content (AvgIpc) is 3.02. The largest absolute Gasteiger partial charge is 0.508 e. The Morgan fingerprint density at radius 1 is 1.21 bits per heavy atom. The Labute approximate surface area is 166 Å². The van der Waals surface area contributed by atoms with Crippen molar-refractivity contribution in [3.63, 3.8) is 0 Å². The van der Waals surface area contributed by atoms with E-state index in [4.69, 9.17) is 4.74 Å². The van der Waals surface area contributed by atoms with Crippen molar-refractivity contribution in [1.29, 1.82) is 0 Å². The number of carbonyl (C=O) groups is 1. The topological polar surface area (TPSA) is 71.5 Å². The SMILES string of the molecule is CC1(C)CC(=O)C2=C(C1)Oc1cc(O)ccc1C2Nc1nc2ccccc2s1. The molecule has 0 saturated carbocycles. The molecule has 2 N–H and O–H groups in total. The number of rotatable bonds is 2. The van der Waals surface area contributed by atoms with Gasteiger partial charge in [0.1, 0.15) is 17.3 Å². The Morgan fingerprint density at radius 3 is 2.86 bits per heavy atom. The van der Waals surface area contributed by atoms with E-state index >= 15 is 0 Å². The highest BCUT2D eigenvalue weighted by Gasteiger charge is 2.41. The summed E-state index contributed by atoms with van der Waals surface area (Å²) >= 11 is 1.56. The molecule has 1 aromatic heterocycles. The third-order valence-electron chi connectivity index (χ3n) is 5.27. The van der Waals surface area contributed by atoms with Crippen LogP contribution in [0.5, 0.6) is 11.5 Å². The van der Waals surface area contributed by atoms with Crippen molar-refractivity contribution in [3.05, 3.63) is 59.4 Å². The molecule has 0 saturated heterocycles. The summed E-state index contributed by atoms with van der Waals surface area (Å²) in [5.41, 5.74) is 2.30. The quantitative estimate of drug-likeness (QED) is 0.628. The van der Waals surface area contributed by atoms with Crippen molar-refractivity contribution in [2.24, 2.45) is 5.41 Å². The van der Waals surface area contributed by atoms with Gasteiger partial charge < -0.3 is 15.2 Å². The fraction of sp³-hybridized carbons (Fsp3) is 0.273. The molecule has 0 bridgehead atoms. The molecule has 3 aromatic rings. The van der Waals surface area contributed by atoms with Gasteiger partial charge in [-0.15, -0.1) is 0 Å². The third kappa shape index (κ3) is 2.85. The lowest BCUT2D eigenvalue weighted by molar-refractivity contribution is -0.118. The number of nitrogens with zero attached hydrogens (tertiary/aromatic N) is 1. The fourth-order valence-corrected chi connectivity index (χ4v) is 4.93. The van der Waals surface area contributed by atoms with Crippen LogP contribution < -0.4 is 10.1 Å². The number of nitrogens with one attached hydrogen (secondary N) is 1. The Kier molecular flexibility index (Phi) is 3.74. The number of ether oxygens (including phenoxy) is 1. The lowest BCUT2D eigenvalue weighted by Crippen LogP contribution is -2.34. The van der Waals surface area contributed by atoms with Gasteiger partial charge in [-0.25, -0.2) is 4.98 Å². The van der Waals surface area contributed by atoms with E-state index in [9.17, 15) is 9.90 Å². The monoisotopic (exact) mass is 392 g/mol. The second kappa shape index (κ2) is 6.07. The molecule has 5 rings (SSSR count). The van der Waals surface area contributed by atoms with Gasteiger partial charge in [0, 0.05) is 24.5 Å². The highest BCUT2D eigenvalue weighted by molar-refractivity contribution is 7.22. The summed E-state index contributed by atoms with van der Waals surface area (Å²) in [4.78, 5) is 17.7. The average molecular weight is 392 g/mol. The number of aromatic hydroxyl groups is 1. The van der Waals surface area contributed by atoms with E-state index in [1.807, 2.05) is 30.3 Å². The number of allylic oxidation sites excluding steroid dienone is 1. The van der Waals surface area contributed by atoms with Crippen LogP contribution in [0.4, 0.5) is 5.13 Å². The fourth-order valence-electron chi connectivity index (χ4n) is 4.04. The van der Waals surface area contributed by atoms with Crippen molar-refractivity contribution in [3.8, 4) is 11.5 Å². The molecule has 28 heavy (non-hydrogen) atoms. The molecule has 6 heteroatoms. The van der Waals surface area contributed by atoms with Crippen LogP contribution in [0.1, 0.15) is 38.3 Å². The number of anilines is 1. The van der Waals surface area contributed by atoms with Crippen LogP contribution in [0.25, 0.3) is 10.2 Å². The molecule has 0 radical (unpaired) electrons. The summed E-state index contributed by atoms with van der Waals surface area (Å²) in [7, 11) is 0. The predicted octanol–water partition coefficient (Wildman–Crippen LogP) is 5.19. The molecule has 1 aliphatic heterocycles. The van der Waals surface area contributed by atoms with E-state index in [1.54, 1.807) is 23.5 Å². The smallest absolute Gasteiger partial charge is 0.184 e. The van der Waals surface area contributed by atoms with E-state index in [2.05, 4.69) is 24.1 Å². The number of hydrogen-bond donors (Lipinski definition) is 2. The van der Waals surface area contributed by atoms with Gasteiger partial charge in [-0.2, -0.15) is 0 Å². The maximum Gasteiger partial charge on any atom is 0.184 e. The van der Waals surface area contributed by atoms with Crippen molar-refractivity contribution in [1.82, 2.24) is 4.98 Å². The van der Waals surface area contributed by atoms with Gasteiger partial charge in [-0.3, -0.25) is 4.79 Å². The summed E-state index contributed by atoms with van der Waals surface area (Å²) in [5, 5.41) is 14.1. The van der Waals surface area contributed by atoms with Gasteiger partial charge in [0.2, 0.25) is 0 Å². The summed E-state index contributed by atoms with van der Waals surface area (Å²) in [6, 6.07) is 12.7. The molecule has 142 valence electrons. The number of fused-ring (bicyclic) bond motifs is 2. The molecule has 1 unspecified atom stereocenters. The number of phenols is 1. The number of para-hydroxylation sites is 1. The zero-order chi connectivity index (χ0) is 19.5. The Hall–Kier alpha value is -2.86. The minimum Gasteiger partial charge on any atom is -0.508 e. The Morgan fingerprint density at radius 2 is 2.04 bits per heavy atom. The molecule has 2 aromatic carbocycles. The third-order valence-corrected chi connectivity index (χ3v) is 6.24. The van der Waals surface area contributed by atoms with Crippen molar-refractivity contribution in [2.45, 2.75) is 32.7 Å². The van der Waals surface area contributed by atoms with Gasteiger partial charge in [0.05, 0.1) is 21.8 Å². The number of Topliss-reactive ketones (excluding diaryl/α,β-unsaturated/α-hetero) is 1. The first-order chi connectivity index (χ1) is 13.4. The van der Waals surface area contributed by atoms with Crippen LogP contribution >= 0.6 is 11.3 Å². The van der Waals surface area contributed by atoms with Crippen LogP contribution in [0.15, 0.2) is 53.8 Å². The minimum atomic E-state index is -0.344. The summed E-state index contributed by atoms with van der Waals surface area (Å²) in [5.74, 6) is 1.52. The van der Waals surface area contributed by atoms with Crippen molar-refractivity contribution < 1.29 is 14.6 Å². The lowest BCUT2D eigenvalue weighted by Gasteiger charge is -2.38. The van der Waals surface area contributed by atoms with Gasteiger partial charge >= 0.3 is 0 Å². The van der Waals surface area contributed by atoms with E-state index in [0.29, 0.717) is 29.9 Å². The number of benzene rings is 2. The summed E-state index contributed by atoms with van der Waals surface area (Å²) < 4.78 is 7.18.